The number of nitrogens with zero attached hydrogens (tertiary/aromatic N) is 1. The zero-order valence-corrected chi connectivity index (χ0v) is 6.78. The largest absolute Gasteiger partial charge is 0.479 e. The summed E-state index contributed by atoms with van der Waals surface area (Å²) in [6, 6.07) is 0. The molecule has 1 N–H and O–H groups in total. The van der Waals surface area contributed by atoms with Crippen molar-refractivity contribution in [3.63, 3.8) is 0 Å². The third-order valence-corrected chi connectivity index (χ3v) is 0.914. The average molecular weight is 159 g/mol. The molecule has 0 aromatic heterocycles. The van der Waals surface area contributed by atoms with Gasteiger partial charge in [0.2, 0.25) is 6.61 Å². The molecule has 0 unspecified atom stereocenters. The van der Waals surface area contributed by atoms with Crippen LogP contribution in [0.25, 0.3) is 0 Å². The van der Waals surface area contributed by atoms with Crippen LogP contribution >= 0.6 is 0 Å². The summed E-state index contributed by atoms with van der Waals surface area (Å²) in [5, 5.41) is 11.6. The number of carboxylic acids is 1. The molecule has 0 aromatic carbocycles. The summed E-state index contributed by atoms with van der Waals surface area (Å²) in [5.74, 6) is -0.487. The molecule has 0 aromatic rings. The summed E-state index contributed by atoms with van der Waals surface area (Å²) in [7, 11) is 0. The molecule has 0 amide bonds. The zero-order valence-electron chi connectivity index (χ0n) is 6.78. The highest BCUT2D eigenvalue weighted by Gasteiger charge is 1.93. The summed E-state index contributed by atoms with van der Waals surface area (Å²) in [5.41, 5.74) is 0. The predicted octanol–water partition coefficient (Wildman–Crippen LogP) is 1.12. The van der Waals surface area contributed by atoms with Gasteiger partial charge in [-0.25, -0.2) is 4.79 Å². The number of oxime groups is 1. The molecular formula is C7H13NO3. The molecule has 0 radical (unpaired) electrons. The van der Waals surface area contributed by atoms with E-state index in [0.29, 0.717) is 5.92 Å². The van der Waals surface area contributed by atoms with Gasteiger partial charge in [-0.3, -0.25) is 0 Å². The van der Waals surface area contributed by atoms with E-state index < -0.39 is 5.97 Å². The minimum Gasteiger partial charge on any atom is -0.479 e. The van der Waals surface area contributed by atoms with E-state index in [9.17, 15) is 4.79 Å². The van der Waals surface area contributed by atoms with E-state index in [-0.39, 0.29) is 6.61 Å². The first-order valence-electron chi connectivity index (χ1n) is 3.48. The molecular weight excluding hydrogens is 146 g/mol. The standard InChI is InChI=1S/C7H13NO3/c1-6(2)3-4-8-11-5-7(9)10/h4,6H,3,5H2,1-2H3,(H,9,10)/b8-4-. The van der Waals surface area contributed by atoms with E-state index in [1.807, 2.05) is 13.8 Å². The Morgan fingerprint density at radius 1 is 1.73 bits per heavy atom. The van der Waals surface area contributed by atoms with Crippen molar-refractivity contribution in [3.8, 4) is 0 Å². The van der Waals surface area contributed by atoms with Gasteiger partial charge in [-0.2, -0.15) is 0 Å². The van der Waals surface area contributed by atoms with Crippen LogP contribution in [-0.4, -0.2) is 23.9 Å². The molecule has 0 aliphatic heterocycles. The lowest BCUT2D eigenvalue weighted by atomic mass is 10.2. The lowest BCUT2D eigenvalue weighted by Crippen LogP contribution is -2.03. The van der Waals surface area contributed by atoms with E-state index in [2.05, 4.69) is 9.99 Å². The van der Waals surface area contributed by atoms with Crippen molar-refractivity contribution in [1.29, 1.82) is 0 Å². The Balaban J connectivity index is 3.23. The Labute approximate surface area is 65.8 Å². The maximum absolute atomic E-state index is 9.90. The van der Waals surface area contributed by atoms with E-state index >= 15 is 0 Å². The van der Waals surface area contributed by atoms with Crippen molar-refractivity contribution in [2.24, 2.45) is 11.1 Å². The van der Waals surface area contributed by atoms with Gasteiger partial charge in [0.1, 0.15) is 0 Å². The summed E-state index contributed by atoms with van der Waals surface area (Å²) < 4.78 is 0. The number of aliphatic carboxylic acids is 1. The lowest BCUT2D eigenvalue weighted by molar-refractivity contribution is -0.142. The maximum Gasteiger partial charge on any atom is 0.344 e. The van der Waals surface area contributed by atoms with Crippen molar-refractivity contribution >= 4 is 12.2 Å². The van der Waals surface area contributed by atoms with E-state index in [4.69, 9.17) is 5.11 Å². The SMILES string of the molecule is CC(C)C/C=N\OCC(=O)O. The third-order valence-electron chi connectivity index (χ3n) is 0.914. The van der Waals surface area contributed by atoms with E-state index in [0.717, 1.165) is 6.42 Å². The fourth-order valence-corrected chi connectivity index (χ4v) is 0.399. The summed E-state index contributed by atoms with van der Waals surface area (Å²) >= 11 is 0. The molecule has 0 atom stereocenters. The summed E-state index contributed by atoms with van der Waals surface area (Å²) in [6.07, 6.45) is 2.38. The van der Waals surface area contributed by atoms with Gasteiger partial charge in [-0.15, -0.1) is 0 Å². The normalized spacial score (nSPS) is 10.8. The van der Waals surface area contributed by atoms with Gasteiger partial charge in [-0.05, 0) is 12.3 Å². The molecule has 0 saturated heterocycles. The number of carboxylic acid groups (broad SMARTS) is 1. The number of hydrogen-bond donors (Lipinski definition) is 1. The monoisotopic (exact) mass is 159 g/mol. The van der Waals surface area contributed by atoms with Gasteiger partial charge in [0.15, 0.2) is 0 Å². The van der Waals surface area contributed by atoms with Crippen LogP contribution in [0.2, 0.25) is 0 Å². The van der Waals surface area contributed by atoms with Gasteiger partial charge in [0, 0.05) is 6.21 Å². The van der Waals surface area contributed by atoms with E-state index in [1.165, 1.54) is 0 Å². The van der Waals surface area contributed by atoms with Crippen LogP contribution in [0.4, 0.5) is 0 Å². The molecule has 0 spiro atoms. The Morgan fingerprint density at radius 3 is 2.82 bits per heavy atom. The minimum atomic E-state index is -1.01. The van der Waals surface area contributed by atoms with Crippen LogP contribution in [0.3, 0.4) is 0 Å². The van der Waals surface area contributed by atoms with Crippen molar-refractivity contribution in [3.05, 3.63) is 0 Å². The topological polar surface area (TPSA) is 58.9 Å². The molecule has 0 saturated carbocycles. The number of hydrogen-bond acceptors (Lipinski definition) is 3. The van der Waals surface area contributed by atoms with Gasteiger partial charge in [0.25, 0.3) is 0 Å². The third kappa shape index (κ3) is 8.94. The van der Waals surface area contributed by atoms with Crippen molar-refractivity contribution in [2.75, 3.05) is 6.61 Å². The fourth-order valence-electron chi connectivity index (χ4n) is 0.399. The van der Waals surface area contributed by atoms with Crippen LogP contribution < -0.4 is 0 Å². The Hall–Kier alpha value is -1.06. The molecule has 64 valence electrons. The Kier molecular flexibility index (Phi) is 5.15. The predicted molar refractivity (Wildman–Crippen MR) is 41.5 cm³/mol. The molecule has 4 heteroatoms. The second kappa shape index (κ2) is 5.70. The fraction of sp³-hybridized carbons (Fsp3) is 0.714. The number of carbonyl (C=O) groups is 1. The van der Waals surface area contributed by atoms with Crippen LogP contribution in [0.1, 0.15) is 20.3 Å². The van der Waals surface area contributed by atoms with Gasteiger partial charge in [0.05, 0.1) is 0 Å². The van der Waals surface area contributed by atoms with Crippen molar-refractivity contribution in [2.45, 2.75) is 20.3 Å². The second-order valence-electron chi connectivity index (χ2n) is 2.58. The van der Waals surface area contributed by atoms with Crippen LogP contribution in [0, 0.1) is 5.92 Å². The molecule has 4 nitrogen and oxygen atoms in total. The Morgan fingerprint density at radius 2 is 2.36 bits per heavy atom. The van der Waals surface area contributed by atoms with Crippen LogP contribution in [-0.2, 0) is 9.63 Å². The minimum absolute atomic E-state index is 0.366. The highest BCUT2D eigenvalue weighted by atomic mass is 16.6. The molecule has 0 aliphatic carbocycles. The molecule has 0 bridgehead atoms. The quantitative estimate of drug-likeness (QED) is 0.483. The molecule has 0 fully saturated rings. The molecule has 0 aliphatic rings. The van der Waals surface area contributed by atoms with Gasteiger partial charge in [-0.1, -0.05) is 19.0 Å². The van der Waals surface area contributed by atoms with E-state index in [1.54, 1.807) is 6.21 Å². The molecule has 0 rings (SSSR count). The first-order chi connectivity index (χ1) is 5.13. The smallest absolute Gasteiger partial charge is 0.344 e. The average Bonchev–Trinajstić information content (AvgIpc) is 1.85. The Bertz CT molecular complexity index is 143. The van der Waals surface area contributed by atoms with Crippen LogP contribution in [0.15, 0.2) is 5.16 Å². The van der Waals surface area contributed by atoms with Gasteiger partial charge < -0.3 is 9.94 Å². The first kappa shape index (κ1) is 9.94. The second-order valence-corrected chi connectivity index (χ2v) is 2.58. The highest BCUT2D eigenvalue weighted by Crippen LogP contribution is 1.94. The van der Waals surface area contributed by atoms with Gasteiger partial charge >= 0.3 is 5.97 Å². The highest BCUT2D eigenvalue weighted by molar-refractivity contribution is 5.68. The lowest BCUT2D eigenvalue weighted by Gasteiger charge is -1.95. The van der Waals surface area contributed by atoms with Crippen molar-refractivity contribution in [1.82, 2.24) is 0 Å². The molecule has 11 heavy (non-hydrogen) atoms. The number of rotatable bonds is 5. The maximum atomic E-state index is 9.90. The van der Waals surface area contributed by atoms with Crippen molar-refractivity contribution < 1.29 is 14.7 Å². The first-order valence-corrected chi connectivity index (χ1v) is 3.48. The zero-order chi connectivity index (χ0) is 8.69. The van der Waals surface area contributed by atoms with Crippen LogP contribution in [0.5, 0.6) is 0 Å². The molecule has 0 heterocycles. The summed E-state index contributed by atoms with van der Waals surface area (Å²) in [6.45, 7) is 3.72. The summed E-state index contributed by atoms with van der Waals surface area (Å²) in [4.78, 5) is 14.3.